The van der Waals surface area contributed by atoms with Crippen LogP contribution >= 0.6 is 11.6 Å². The molecule has 0 unspecified atom stereocenters. The monoisotopic (exact) mass is 586 g/mol. The third kappa shape index (κ3) is 5.82. The SMILES string of the molecule is COc1ccc(OC)c(S(=O)(=O)N2CCc3c(ccc(Cl)c3NC(=O)Cc3cccc(C(F)(F)F)c3F)C2)c1. The van der Waals surface area contributed by atoms with Gasteiger partial charge >= 0.3 is 6.18 Å². The molecule has 1 aliphatic rings. The van der Waals surface area contributed by atoms with Crippen LogP contribution in [0.5, 0.6) is 11.5 Å². The minimum Gasteiger partial charge on any atom is -0.497 e. The van der Waals surface area contributed by atoms with E-state index in [9.17, 15) is 30.8 Å². The highest BCUT2D eigenvalue weighted by atomic mass is 35.5. The van der Waals surface area contributed by atoms with Crippen LogP contribution in [-0.4, -0.2) is 39.4 Å². The molecule has 4 rings (SSSR count). The minimum absolute atomic E-state index is 0.0413. The van der Waals surface area contributed by atoms with E-state index in [1.54, 1.807) is 12.1 Å². The number of methoxy groups -OCH3 is 2. The smallest absolute Gasteiger partial charge is 0.419 e. The molecule has 1 N–H and O–H groups in total. The molecule has 0 spiro atoms. The van der Waals surface area contributed by atoms with Gasteiger partial charge in [0.15, 0.2) is 0 Å². The summed E-state index contributed by atoms with van der Waals surface area (Å²) in [6.45, 7) is 0.00148. The molecule has 3 aromatic carbocycles. The maximum atomic E-state index is 14.4. The van der Waals surface area contributed by atoms with E-state index in [2.05, 4.69) is 5.32 Å². The number of nitrogens with zero attached hydrogens (tertiary/aromatic N) is 1. The van der Waals surface area contributed by atoms with Crippen LogP contribution in [0.25, 0.3) is 0 Å². The second-order valence-corrected chi connectivity index (χ2v) is 11.0. The molecule has 0 aromatic heterocycles. The molecule has 1 amide bonds. The molecule has 0 atom stereocenters. The molecule has 0 aliphatic carbocycles. The van der Waals surface area contributed by atoms with Gasteiger partial charge in [-0.1, -0.05) is 29.8 Å². The lowest BCUT2D eigenvalue weighted by Crippen LogP contribution is -2.36. The second kappa shape index (κ2) is 11.0. The first-order valence-corrected chi connectivity index (χ1v) is 13.4. The predicted molar refractivity (Wildman–Crippen MR) is 136 cm³/mol. The van der Waals surface area contributed by atoms with Crippen molar-refractivity contribution in [3.63, 3.8) is 0 Å². The summed E-state index contributed by atoms with van der Waals surface area (Å²) in [5, 5.41) is 2.72. The van der Waals surface area contributed by atoms with Gasteiger partial charge in [-0.2, -0.15) is 17.5 Å². The van der Waals surface area contributed by atoms with Crippen LogP contribution < -0.4 is 14.8 Å². The van der Waals surface area contributed by atoms with Gasteiger partial charge in [0, 0.05) is 19.2 Å². The van der Waals surface area contributed by atoms with E-state index in [0.717, 1.165) is 12.1 Å². The van der Waals surface area contributed by atoms with Crippen molar-refractivity contribution < 1.29 is 40.2 Å². The van der Waals surface area contributed by atoms with Crippen molar-refractivity contribution >= 4 is 33.2 Å². The number of ether oxygens (including phenoxy) is 2. The Labute approximate surface area is 227 Å². The van der Waals surface area contributed by atoms with Crippen LogP contribution in [0.2, 0.25) is 5.02 Å². The average molecular weight is 587 g/mol. The number of rotatable bonds is 7. The molecule has 1 heterocycles. The first-order chi connectivity index (χ1) is 18.4. The van der Waals surface area contributed by atoms with Crippen molar-refractivity contribution in [2.24, 2.45) is 0 Å². The van der Waals surface area contributed by atoms with Gasteiger partial charge in [0.25, 0.3) is 0 Å². The van der Waals surface area contributed by atoms with E-state index in [4.69, 9.17) is 21.1 Å². The van der Waals surface area contributed by atoms with E-state index in [1.807, 2.05) is 0 Å². The van der Waals surface area contributed by atoms with E-state index in [1.165, 1.54) is 36.7 Å². The summed E-state index contributed by atoms with van der Waals surface area (Å²) >= 11 is 6.32. The maximum absolute atomic E-state index is 14.4. The number of halogens is 5. The van der Waals surface area contributed by atoms with Gasteiger partial charge in [0.05, 0.1) is 36.9 Å². The zero-order valence-electron chi connectivity index (χ0n) is 20.7. The minimum atomic E-state index is -4.90. The molecule has 7 nitrogen and oxygen atoms in total. The Morgan fingerprint density at radius 2 is 1.85 bits per heavy atom. The molecule has 39 heavy (non-hydrogen) atoms. The van der Waals surface area contributed by atoms with Crippen molar-refractivity contribution in [2.75, 3.05) is 26.1 Å². The Morgan fingerprint density at radius 1 is 1.10 bits per heavy atom. The highest BCUT2D eigenvalue weighted by Crippen LogP contribution is 2.37. The third-order valence-corrected chi connectivity index (χ3v) is 8.49. The predicted octanol–water partition coefficient (Wildman–Crippen LogP) is 5.44. The van der Waals surface area contributed by atoms with Crippen LogP contribution in [0.1, 0.15) is 22.3 Å². The fraction of sp³-hybridized carbons (Fsp3) is 0.269. The molecular formula is C26H23ClF4N2O5S. The maximum Gasteiger partial charge on any atom is 0.419 e. The van der Waals surface area contributed by atoms with Gasteiger partial charge in [-0.05, 0) is 47.4 Å². The number of anilines is 1. The Kier molecular flexibility index (Phi) is 8.10. The molecule has 13 heteroatoms. The standard InChI is InChI=1S/C26H23ClF4N2O5S/c1-37-17-7-9-21(38-2)22(13-17)39(35,36)33-11-10-18-16(14-33)6-8-20(27)25(18)32-23(34)12-15-4-3-5-19(24(15)28)26(29,30)31/h3-9,13H,10-12,14H2,1-2H3,(H,32,34). The fourth-order valence-electron chi connectivity index (χ4n) is 4.36. The Morgan fingerprint density at radius 3 is 2.51 bits per heavy atom. The number of sulfonamides is 1. The summed E-state index contributed by atoms with van der Waals surface area (Å²) in [5.41, 5.74) is -0.548. The van der Waals surface area contributed by atoms with Gasteiger partial charge < -0.3 is 14.8 Å². The molecule has 0 fully saturated rings. The first kappa shape index (κ1) is 28.7. The summed E-state index contributed by atoms with van der Waals surface area (Å²) in [4.78, 5) is 12.7. The molecule has 0 saturated carbocycles. The molecule has 208 valence electrons. The number of benzene rings is 3. The average Bonchev–Trinajstić information content (AvgIpc) is 2.90. The summed E-state index contributed by atoms with van der Waals surface area (Å²) in [6, 6.07) is 10.3. The molecule has 1 aliphatic heterocycles. The Bertz CT molecular complexity index is 1530. The normalized spacial score (nSPS) is 14.0. The Balaban J connectivity index is 1.58. The summed E-state index contributed by atoms with van der Waals surface area (Å²) in [6.07, 6.45) is -5.39. The number of alkyl halides is 3. The number of hydrogen-bond donors (Lipinski definition) is 1. The largest absolute Gasteiger partial charge is 0.497 e. The molecule has 3 aromatic rings. The van der Waals surface area contributed by atoms with Gasteiger partial charge in [-0.15, -0.1) is 0 Å². The number of hydrogen-bond acceptors (Lipinski definition) is 5. The highest BCUT2D eigenvalue weighted by molar-refractivity contribution is 7.89. The van der Waals surface area contributed by atoms with Crippen molar-refractivity contribution in [3.05, 3.63) is 81.6 Å². The molecular weight excluding hydrogens is 564 g/mol. The van der Waals surface area contributed by atoms with E-state index < -0.39 is 45.5 Å². The zero-order chi connectivity index (χ0) is 28.5. The second-order valence-electron chi connectivity index (χ2n) is 8.67. The van der Waals surface area contributed by atoms with Crippen LogP contribution in [0.4, 0.5) is 23.2 Å². The van der Waals surface area contributed by atoms with Crippen LogP contribution in [-0.2, 0) is 40.4 Å². The van der Waals surface area contributed by atoms with Gasteiger partial charge in [-0.25, -0.2) is 12.8 Å². The Hall–Kier alpha value is -3.35. The quantitative estimate of drug-likeness (QED) is 0.373. The number of nitrogens with one attached hydrogen (secondary N) is 1. The van der Waals surface area contributed by atoms with E-state index in [-0.39, 0.29) is 40.9 Å². The molecule has 0 saturated heterocycles. The summed E-state index contributed by atoms with van der Waals surface area (Å²) in [7, 11) is -1.24. The summed E-state index contributed by atoms with van der Waals surface area (Å²) < 4.78 is 92.2. The van der Waals surface area contributed by atoms with Crippen LogP contribution in [0.15, 0.2) is 53.4 Å². The molecule has 0 radical (unpaired) electrons. The number of fused-ring (bicyclic) bond motifs is 1. The van der Waals surface area contributed by atoms with Gasteiger partial charge in [0.2, 0.25) is 15.9 Å². The number of carbonyl (C=O) groups excluding carboxylic acids is 1. The van der Waals surface area contributed by atoms with Crippen molar-refractivity contribution in [2.45, 2.75) is 30.5 Å². The zero-order valence-corrected chi connectivity index (χ0v) is 22.3. The lowest BCUT2D eigenvalue weighted by Gasteiger charge is -2.30. The number of amides is 1. The van der Waals surface area contributed by atoms with E-state index in [0.29, 0.717) is 22.9 Å². The highest BCUT2D eigenvalue weighted by Gasteiger charge is 2.35. The van der Waals surface area contributed by atoms with Crippen LogP contribution in [0, 0.1) is 5.82 Å². The fourth-order valence-corrected chi connectivity index (χ4v) is 6.17. The lowest BCUT2D eigenvalue weighted by atomic mass is 9.98. The van der Waals surface area contributed by atoms with Crippen molar-refractivity contribution in [1.29, 1.82) is 0 Å². The van der Waals surface area contributed by atoms with E-state index >= 15 is 0 Å². The first-order valence-electron chi connectivity index (χ1n) is 11.5. The third-order valence-electron chi connectivity index (χ3n) is 6.31. The van der Waals surface area contributed by atoms with Crippen molar-refractivity contribution in [3.8, 4) is 11.5 Å². The molecule has 0 bridgehead atoms. The van der Waals surface area contributed by atoms with Crippen LogP contribution in [0.3, 0.4) is 0 Å². The summed E-state index contributed by atoms with van der Waals surface area (Å²) in [5.74, 6) is -1.82. The topological polar surface area (TPSA) is 84.9 Å². The van der Waals surface area contributed by atoms with Crippen molar-refractivity contribution in [1.82, 2.24) is 4.31 Å². The van der Waals surface area contributed by atoms with Gasteiger partial charge in [0.1, 0.15) is 22.2 Å². The van der Waals surface area contributed by atoms with Gasteiger partial charge in [-0.3, -0.25) is 4.79 Å². The number of carbonyl (C=O) groups is 1. The lowest BCUT2D eigenvalue weighted by molar-refractivity contribution is -0.140.